The van der Waals surface area contributed by atoms with E-state index >= 15 is 0 Å². The average molecular weight is 346 g/mol. The maximum atomic E-state index is 12.3. The molecule has 3 aromatic carbocycles. The lowest BCUT2D eigenvalue weighted by Crippen LogP contribution is -2.45. The number of amides is 2. The summed E-state index contributed by atoms with van der Waals surface area (Å²) in [5.41, 5.74) is 7.62. The van der Waals surface area contributed by atoms with Gasteiger partial charge in [0.15, 0.2) is 0 Å². The highest BCUT2D eigenvalue weighted by Crippen LogP contribution is 2.19. The number of benzene rings is 3. The van der Waals surface area contributed by atoms with Crippen LogP contribution in [0.25, 0.3) is 10.8 Å². The van der Waals surface area contributed by atoms with Gasteiger partial charge in [-0.25, -0.2) is 0 Å². The van der Waals surface area contributed by atoms with Crippen LogP contribution >= 0.6 is 0 Å². The molecular weight excluding hydrogens is 324 g/mol. The molecule has 3 rings (SSSR count). The monoisotopic (exact) mass is 346 g/mol. The molecule has 0 aliphatic rings. The van der Waals surface area contributed by atoms with Crippen molar-refractivity contribution >= 4 is 22.6 Å². The Morgan fingerprint density at radius 1 is 0.885 bits per heavy atom. The van der Waals surface area contributed by atoms with Crippen LogP contribution in [0.1, 0.15) is 17.5 Å². The molecule has 0 heterocycles. The Balaban J connectivity index is 1.67. The molecule has 0 saturated carbocycles. The van der Waals surface area contributed by atoms with Crippen molar-refractivity contribution in [2.24, 2.45) is 5.73 Å². The molecule has 0 aliphatic carbocycles. The zero-order chi connectivity index (χ0) is 18.4. The van der Waals surface area contributed by atoms with Gasteiger partial charge in [-0.2, -0.15) is 0 Å². The van der Waals surface area contributed by atoms with Crippen molar-refractivity contribution in [2.45, 2.75) is 25.3 Å². The van der Waals surface area contributed by atoms with Crippen LogP contribution in [0, 0.1) is 0 Å². The van der Waals surface area contributed by atoms with Gasteiger partial charge in [-0.3, -0.25) is 9.59 Å². The fraction of sp³-hybridized carbons (Fsp3) is 0.182. The molecule has 0 radical (unpaired) electrons. The number of nitrogens with two attached hydrogens (primary N) is 1. The first-order valence-electron chi connectivity index (χ1n) is 8.73. The van der Waals surface area contributed by atoms with Gasteiger partial charge < -0.3 is 11.1 Å². The Labute approximate surface area is 153 Å². The third-order valence-electron chi connectivity index (χ3n) is 4.47. The second-order valence-electron chi connectivity index (χ2n) is 6.35. The summed E-state index contributed by atoms with van der Waals surface area (Å²) in [6, 6.07) is 23.0. The molecule has 132 valence electrons. The lowest BCUT2D eigenvalue weighted by Gasteiger charge is -2.17. The summed E-state index contributed by atoms with van der Waals surface area (Å²) >= 11 is 0. The maximum Gasteiger partial charge on any atom is 0.240 e. The SMILES string of the molecule is NC(=O)[C@H](Cc1cccc2ccccc12)NC(=O)CCc1ccccc1. The van der Waals surface area contributed by atoms with Crippen LogP contribution in [0.4, 0.5) is 0 Å². The molecule has 3 aromatic rings. The summed E-state index contributed by atoms with van der Waals surface area (Å²) in [5, 5.41) is 4.96. The number of rotatable bonds is 7. The molecule has 26 heavy (non-hydrogen) atoms. The van der Waals surface area contributed by atoms with Crippen LogP contribution in [-0.2, 0) is 22.4 Å². The summed E-state index contributed by atoms with van der Waals surface area (Å²) in [6.07, 6.45) is 1.34. The van der Waals surface area contributed by atoms with E-state index in [0.29, 0.717) is 19.3 Å². The highest BCUT2D eigenvalue weighted by molar-refractivity contribution is 5.89. The van der Waals surface area contributed by atoms with E-state index in [9.17, 15) is 9.59 Å². The number of nitrogens with one attached hydrogen (secondary N) is 1. The molecular formula is C22H22N2O2. The predicted molar refractivity (Wildman–Crippen MR) is 104 cm³/mol. The lowest BCUT2D eigenvalue weighted by atomic mass is 9.98. The lowest BCUT2D eigenvalue weighted by molar-refractivity contribution is -0.127. The number of hydrogen-bond acceptors (Lipinski definition) is 2. The number of fused-ring (bicyclic) bond motifs is 1. The predicted octanol–water partition coefficient (Wildman–Crippen LogP) is 2.99. The van der Waals surface area contributed by atoms with Crippen LogP contribution in [-0.4, -0.2) is 17.9 Å². The normalized spacial score (nSPS) is 11.8. The van der Waals surface area contributed by atoms with Crippen molar-refractivity contribution in [1.82, 2.24) is 5.32 Å². The van der Waals surface area contributed by atoms with Crippen LogP contribution in [0.5, 0.6) is 0 Å². The zero-order valence-electron chi connectivity index (χ0n) is 14.5. The van der Waals surface area contributed by atoms with Crippen molar-refractivity contribution in [2.75, 3.05) is 0 Å². The summed E-state index contributed by atoms with van der Waals surface area (Å²) in [7, 11) is 0. The first-order chi connectivity index (χ1) is 12.6. The van der Waals surface area contributed by atoms with Crippen LogP contribution < -0.4 is 11.1 Å². The van der Waals surface area contributed by atoms with Gasteiger partial charge in [-0.15, -0.1) is 0 Å². The largest absolute Gasteiger partial charge is 0.368 e. The third-order valence-corrected chi connectivity index (χ3v) is 4.47. The molecule has 0 saturated heterocycles. The Hall–Kier alpha value is -3.14. The van der Waals surface area contributed by atoms with Crippen LogP contribution in [0.15, 0.2) is 72.8 Å². The topological polar surface area (TPSA) is 72.2 Å². The van der Waals surface area contributed by atoms with E-state index < -0.39 is 11.9 Å². The molecule has 1 atom stereocenters. The van der Waals surface area contributed by atoms with Gasteiger partial charge in [0.05, 0.1) is 0 Å². The Kier molecular flexibility index (Phi) is 5.64. The van der Waals surface area contributed by atoms with Crippen LogP contribution in [0.2, 0.25) is 0 Å². The van der Waals surface area contributed by atoms with Gasteiger partial charge in [0, 0.05) is 12.8 Å². The highest BCUT2D eigenvalue weighted by Gasteiger charge is 2.19. The van der Waals surface area contributed by atoms with Gasteiger partial charge >= 0.3 is 0 Å². The quantitative estimate of drug-likeness (QED) is 0.690. The minimum atomic E-state index is -0.718. The van der Waals surface area contributed by atoms with E-state index in [1.165, 1.54) is 0 Å². The third kappa shape index (κ3) is 4.48. The van der Waals surface area contributed by atoms with Crippen molar-refractivity contribution in [3.8, 4) is 0 Å². The average Bonchev–Trinajstić information content (AvgIpc) is 2.67. The molecule has 0 unspecified atom stereocenters. The fourth-order valence-corrected chi connectivity index (χ4v) is 3.08. The molecule has 2 amide bonds. The van der Waals surface area contributed by atoms with Gasteiger partial charge in [-0.05, 0) is 28.3 Å². The standard InChI is InChI=1S/C22H22N2O2/c23-22(26)20(24-21(25)14-13-16-7-2-1-3-8-16)15-18-11-6-10-17-9-4-5-12-19(17)18/h1-12,20H,13-15H2,(H2,23,26)(H,24,25)/t20-/m0/s1. The minimum absolute atomic E-state index is 0.169. The molecule has 4 heteroatoms. The smallest absolute Gasteiger partial charge is 0.240 e. The van der Waals surface area contributed by atoms with E-state index in [4.69, 9.17) is 5.73 Å². The number of carbonyl (C=O) groups is 2. The van der Waals surface area contributed by atoms with E-state index in [1.807, 2.05) is 72.8 Å². The maximum absolute atomic E-state index is 12.3. The number of primary amides is 1. The van der Waals surface area contributed by atoms with Crippen molar-refractivity contribution in [3.63, 3.8) is 0 Å². The molecule has 0 fully saturated rings. The highest BCUT2D eigenvalue weighted by atomic mass is 16.2. The molecule has 4 nitrogen and oxygen atoms in total. The van der Waals surface area contributed by atoms with Crippen molar-refractivity contribution in [3.05, 3.63) is 83.9 Å². The Morgan fingerprint density at radius 2 is 1.58 bits per heavy atom. The number of hydrogen-bond donors (Lipinski definition) is 2. The zero-order valence-corrected chi connectivity index (χ0v) is 14.5. The second-order valence-corrected chi connectivity index (χ2v) is 6.35. The van der Waals surface area contributed by atoms with E-state index in [2.05, 4.69) is 5.32 Å². The minimum Gasteiger partial charge on any atom is -0.368 e. The fourth-order valence-electron chi connectivity index (χ4n) is 3.08. The molecule has 3 N–H and O–H groups in total. The Morgan fingerprint density at radius 3 is 2.35 bits per heavy atom. The first-order valence-corrected chi connectivity index (χ1v) is 8.73. The van der Waals surface area contributed by atoms with Gasteiger partial charge in [0.1, 0.15) is 6.04 Å². The summed E-state index contributed by atoms with van der Waals surface area (Å²) < 4.78 is 0. The van der Waals surface area contributed by atoms with E-state index in [1.54, 1.807) is 0 Å². The van der Waals surface area contributed by atoms with Crippen molar-refractivity contribution < 1.29 is 9.59 Å². The van der Waals surface area contributed by atoms with E-state index in [0.717, 1.165) is 21.9 Å². The number of aryl methyl sites for hydroxylation is 1. The summed E-state index contributed by atoms with van der Waals surface area (Å²) in [6.45, 7) is 0. The summed E-state index contributed by atoms with van der Waals surface area (Å²) in [4.78, 5) is 24.1. The molecule has 0 aromatic heterocycles. The van der Waals surface area contributed by atoms with Gasteiger partial charge in [0.2, 0.25) is 11.8 Å². The molecule has 0 spiro atoms. The number of carbonyl (C=O) groups excluding carboxylic acids is 2. The van der Waals surface area contributed by atoms with Gasteiger partial charge in [0.25, 0.3) is 0 Å². The van der Waals surface area contributed by atoms with Crippen LogP contribution in [0.3, 0.4) is 0 Å². The van der Waals surface area contributed by atoms with Crippen molar-refractivity contribution in [1.29, 1.82) is 0 Å². The first kappa shape index (κ1) is 17.7. The summed E-state index contributed by atoms with van der Waals surface area (Å²) in [5.74, 6) is -0.691. The van der Waals surface area contributed by atoms with Gasteiger partial charge in [-0.1, -0.05) is 72.8 Å². The Bertz CT molecular complexity index is 901. The second kappa shape index (κ2) is 8.30. The molecule has 0 aliphatic heterocycles. The van der Waals surface area contributed by atoms with E-state index in [-0.39, 0.29) is 5.91 Å². The molecule has 0 bridgehead atoms.